The van der Waals surface area contributed by atoms with Gasteiger partial charge in [-0.25, -0.2) is 0 Å². The maximum absolute atomic E-state index is 12.7. The smallest absolute Gasteiger partial charge is 0.223 e. The largest absolute Gasteiger partial charge is 0.390 e. The van der Waals surface area contributed by atoms with Crippen molar-refractivity contribution in [3.63, 3.8) is 0 Å². The van der Waals surface area contributed by atoms with E-state index in [0.29, 0.717) is 25.4 Å². The Labute approximate surface area is 155 Å². The summed E-state index contributed by atoms with van der Waals surface area (Å²) in [5, 5.41) is 4.25. The van der Waals surface area contributed by atoms with Crippen LogP contribution in [0.1, 0.15) is 37.8 Å². The van der Waals surface area contributed by atoms with Crippen molar-refractivity contribution in [2.24, 2.45) is 11.1 Å². The van der Waals surface area contributed by atoms with Gasteiger partial charge in [-0.2, -0.15) is 0 Å². The summed E-state index contributed by atoms with van der Waals surface area (Å²) in [4.78, 5) is 20.3. The van der Waals surface area contributed by atoms with Crippen LogP contribution in [0.4, 0.5) is 0 Å². The second-order valence-corrected chi connectivity index (χ2v) is 7.19. The molecule has 1 heterocycles. The predicted molar refractivity (Wildman–Crippen MR) is 104 cm³/mol. The highest BCUT2D eigenvalue weighted by molar-refractivity contribution is 6.01. The summed E-state index contributed by atoms with van der Waals surface area (Å²) >= 11 is 0. The number of oxime groups is 1. The van der Waals surface area contributed by atoms with Crippen LogP contribution in [0.2, 0.25) is 0 Å². The lowest BCUT2D eigenvalue weighted by atomic mass is 10.0. The predicted octanol–water partition coefficient (Wildman–Crippen LogP) is 4.25. The van der Waals surface area contributed by atoms with Gasteiger partial charge in [0.1, 0.15) is 0 Å². The molecule has 4 nitrogen and oxygen atoms in total. The third kappa shape index (κ3) is 4.94. The zero-order valence-electron chi connectivity index (χ0n) is 15.5. The van der Waals surface area contributed by atoms with Gasteiger partial charge >= 0.3 is 0 Å². The topological polar surface area (TPSA) is 41.9 Å². The summed E-state index contributed by atoms with van der Waals surface area (Å²) in [6.45, 7) is 5.30. The van der Waals surface area contributed by atoms with Gasteiger partial charge in [0.2, 0.25) is 5.91 Å². The molecule has 0 saturated heterocycles. The van der Waals surface area contributed by atoms with Crippen LogP contribution in [-0.4, -0.2) is 29.2 Å². The summed E-state index contributed by atoms with van der Waals surface area (Å²) in [7, 11) is 0. The normalized spacial score (nSPS) is 16.3. The van der Waals surface area contributed by atoms with E-state index < -0.39 is 0 Å². The van der Waals surface area contributed by atoms with E-state index in [0.717, 1.165) is 23.3 Å². The lowest BCUT2D eigenvalue weighted by Crippen LogP contribution is -2.37. The van der Waals surface area contributed by atoms with Gasteiger partial charge in [-0.05, 0) is 17.0 Å². The molecule has 0 aromatic heterocycles. The minimum atomic E-state index is -0.0926. The van der Waals surface area contributed by atoms with E-state index in [1.165, 1.54) is 0 Å². The van der Waals surface area contributed by atoms with Gasteiger partial charge in [0.25, 0.3) is 0 Å². The van der Waals surface area contributed by atoms with Gasteiger partial charge in [-0.1, -0.05) is 79.7 Å². The zero-order chi connectivity index (χ0) is 18.4. The molecule has 0 fully saturated rings. The fourth-order valence-corrected chi connectivity index (χ4v) is 3.11. The van der Waals surface area contributed by atoms with E-state index in [1.54, 1.807) is 0 Å². The van der Waals surface area contributed by atoms with E-state index in [-0.39, 0.29) is 12.0 Å². The molecule has 1 atom stereocenters. The molecule has 0 unspecified atom stereocenters. The second kappa shape index (κ2) is 8.65. The Kier molecular flexibility index (Phi) is 6.05. The van der Waals surface area contributed by atoms with Crippen molar-refractivity contribution >= 4 is 11.6 Å². The standard InChI is InChI=1S/C22H26N2O2/c1-17(2)13-22(25)24(15-18-9-5-3-6-10-18)16-20-14-21(23-26-20)19-11-7-4-8-12-19/h3-12,17,20H,13-16H2,1-2H3/t20-/m1/s1. The first-order chi connectivity index (χ1) is 12.6. The van der Waals surface area contributed by atoms with Crippen molar-refractivity contribution in [2.75, 3.05) is 6.54 Å². The number of carbonyl (C=O) groups excluding carboxylic acids is 1. The molecule has 136 valence electrons. The number of hydrogen-bond donors (Lipinski definition) is 0. The SMILES string of the molecule is CC(C)CC(=O)N(Cc1ccccc1)C[C@H]1CC(c2ccccc2)=NO1. The van der Waals surface area contributed by atoms with Crippen molar-refractivity contribution in [3.8, 4) is 0 Å². The Morgan fingerprint density at radius 1 is 1.12 bits per heavy atom. The number of carbonyl (C=O) groups is 1. The van der Waals surface area contributed by atoms with Gasteiger partial charge in [0.15, 0.2) is 6.10 Å². The highest BCUT2D eigenvalue weighted by Crippen LogP contribution is 2.19. The number of benzene rings is 2. The van der Waals surface area contributed by atoms with Crippen LogP contribution in [-0.2, 0) is 16.2 Å². The lowest BCUT2D eigenvalue weighted by Gasteiger charge is -2.26. The highest BCUT2D eigenvalue weighted by atomic mass is 16.6. The van der Waals surface area contributed by atoms with Crippen molar-refractivity contribution in [1.29, 1.82) is 0 Å². The quantitative estimate of drug-likeness (QED) is 0.749. The molecule has 1 aliphatic heterocycles. The highest BCUT2D eigenvalue weighted by Gasteiger charge is 2.27. The zero-order valence-corrected chi connectivity index (χ0v) is 15.5. The molecule has 0 aliphatic carbocycles. The minimum absolute atomic E-state index is 0.0926. The molecule has 1 amide bonds. The average Bonchev–Trinajstić information content (AvgIpc) is 3.11. The summed E-state index contributed by atoms with van der Waals surface area (Å²) in [5.41, 5.74) is 3.16. The lowest BCUT2D eigenvalue weighted by molar-refractivity contribution is -0.134. The average molecular weight is 350 g/mol. The molecule has 0 spiro atoms. The Morgan fingerprint density at radius 3 is 2.42 bits per heavy atom. The van der Waals surface area contributed by atoms with Crippen molar-refractivity contribution in [2.45, 2.75) is 39.3 Å². The molecule has 4 heteroatoms. The molecule has 0 saturated carbocycles. The van der Waals surface area contributed by atoms with Gasteiger partial charge in [-0.3, -0.25) is 4.79 Å². The van der Waals surface area contributed by atoms with Crippen molar-refractivity contribution < 1.29 is 9.63 Å². The molecule has 2 aromatic carbocycles. The maximum atomic E-state index is 12.7. The van der Waals surface area contributed by atoms with Crippen LogP contribution in [0.5, 0.6) is 0 Å². The van der Waals surface area contributed by atoms with Gasteiger partial charge in [-0.15, -0.1) is 0 Å². The molecule has 2 aromatic rings. The van der Waals surface area contributed by atoms with E-state index in [2.05, 4.69) is 31.1 Å². The molecular weight excluding hydrogens is 324 g/mol. The van der Waals surface area contributed by atoms with Crippen LogP contribution in [0.3, 0.4) is 0 Å². The fourth-order valence-electron chi connectivity index (χ4n) is 3.11. The first kappa shape index (κ1) is 18.2. The van der Waals surface area contributed by atoms with Gasteiger partial charge in [0.05, 0.1) is 12.3 Å². The molecule has 3 rings (SSSR count). The first-order valence-corrected chi connectivity index (χ1v) is 9.21. The van der Waals surface area contributed by atoms with Crippen LogP contribution in [0, 0.1) is 5.92 Å². The number of rotatable bonds is 7. The van der Waals surface area contributed by atoms with E-state index in [1.807, 2.05) is 53.4 Å². The second-order valence-electron chi connectivity index (χ2n) is 7.19. The third-order valence-electron chi connectivity index (χ3n) is 4.42. The Hall–Kier alpha value is -2.62. The van der Waals surface area contributed by atoms with Gasteiger partial charge < -0.3 is 9.74 Å². The molecule has 0 radical (unpaired) electrons. The molecule has 26 heavy (non-hydrogen) atoms. The van der Waals surface area contributed by atoms with Crippen LogP contribution < -0.4 is 0 Å². The Balaban J connectivity index is 1.65. The summed E-state index contributed by atoms with van der Waals surface area (Å²) in [6, 6.07) is 20.2. The van der Waals surface area contributed by atoms with Crippen LogP contribution in [0.25, 0.3) is 0 Å². The number of nitrogens with zero attached hydrogens (tertiary/aromatic N) is 2. The number of amides is 1. The molecule has 0 bridgehead atoms. The fraction of sp³-hybridized carbons (Fsp3) is 0.364. The third-order valence-corrected chi connectivity index (χ3v) is 4.42. The number of hydrogen-bond acceptors (Lipinski definition) is 3. The first-order valence-electron chi connectivity index (χ1n) is 9.21. The molecule has 1 aliphatic rings. The minimum Gasteiger partial charge on any atom is -0.390 e. The van der Waals surface area contributed by atoms with E-state index >= 15 is 0 Å². The molecular formula is C22H26N2O2. The monoisotopic (exact) mass is 350 g/mol. The maximum Gasteiger partial charge on any atom is 0.223 e. The van der Waals surface area contributed by atoms with Crippen molar-refractivity contribution in [1.82, 2.24) is 4.90 Å². The Bertz CT molecular complexity index is 741. The van der Waals surface area contributed by atoms with E-state index in [4.69, 9.17) is 4.84 Å². The van der Waals surface area contributed by atoms with Crippen molar-refractivity contribution in [3.05, 3.63) is 71.8 Å². The van der Waals surface area contributed by atoms with Gasteiger partial charge in [0, 0.05) is 19.4 Å². The summed E-state index contributed by atoms with van der Waals surface area (Å²) in [6.07, 6.45) is 1.18. The Morgan fingerprint density at radius 2 is 1.77 bits per heavy atom. The molecule has 0 N–H and O–H groups in total. The summed E-state index contributed by atoms with van der Waals surface area (Å²) in [5.74, 6) is 0.502. The van der Waals surface area contributed by atoms with Crippen LogP contribution >= 0.6 is 0 Å². The van der Waals surface area contributed by atoms with Crippen LogP contribution in [0.15, 0.2) is 65.8 Å². The van der Waals surface area contributed by atoms with E-state index in [9.17, 15) is 4.79 Å². The summed E-state index contributed by atoms with van der Waals surface area (Å²) < 4.78 is 0.